The van der Waals surface area contributed by atoms with E-state index in [0.717, 1.165) is 12.1 Å². The van der Waals surface area contributed by atoms with E-state index in [1.54, 1.807) is 0 Å². The molecule has 0 aromatic heterocycles. The Morgan fingerprint density at radius 1 is 1.53 bits per heavy atom. The van der Waals surface area contributed by atoms with Crippen LogP contribution in [0, 0.1) is 0 Å². The van der Waals surface area contributed by atoms with Crippen molar-refractivity contribution >= 4 is 17.3 Å². The predicted octanol–water partition coefficient (Wildman–Crippen LogP) is 1.90. The van der Waals surface area contributed by atoms with Crippen LogP contribution < -0.4 is 5.32 Å². The Hall–Kier alpha value is -0.770. The van der Waals surface area contributed by atoms with Crippen molar-refractivity contribution in [1.82, 2.24) is 0 Å². The van der Waals surface area contributed by atoms with Crippen LogP contribution in [0.4, 0.5) is 5.69 Å². The summed E-state index contributed by atoms with van der Waals surface area (Å²) in [5.74, 6) is 0. The minimum atomic E-state index is -0.343. The first kappa shape index (κ1) is 10.7. The molecule has 15 heavy (non-hydrogen) atoms. The highest BCUT2D eigenvalue weighted by atomic mass is 35.5. The van der Waals surface area contributed by atoms with Gasteiger partial charge in [-0.2, -0.15) is 0 Å². The van der Waals surface area contributed by atoms with Gasteiger partial charge in [-0.1, -0.05) is 17.7 Å². The van der Waals surface area contributed by atoms with Crippen LogP contribution in [0.1, 0.15) is 6.42 Å². The van der Waals surface area contributed by atoms with Gasteiger partial charge in [0.15, 0.2) is 0 Å². The zero-order valence-corrected chi connectivity index (χ0v) is 9.13. The van der Waals surface area contributed by atoms with Crippen LogP contribution in [0.15, 0.2) is 24.3 Å². The van der Waals surface area contributed by atoms with E-state index in [9.17, 15) is 5.11 Å². The molecule has 0 saturated carbocycles. The van der Waals surface area contributed by atoms with Crippen LogP contribution in [0.5, 0.6) is 0 Å². The second kappa shape index (κ2) is 4.39. The molecule has 1 aliphatic heterocycles. The van der Waals surface area contributed by atoms with Crippen molar-refractivity contribution in [3.8, 4) is 0 Å². The molecule has 1 heterocycles. The van der Waals surface area contributed by atoms with Gasteiger partial charge in [0, 0.05) is 17.3 Å². The summed E-state index contributed by atoms with van der Waals surface area (Å²) < 4.78 is 5.30. The molecule has 0 radical (unpaired) electrons. The molecule has 82 valence electrons. The Morgan fingerprint density at radius 2 is 2.40 bits per heavy atom. The van der Waals surface area contributed by atoms with Crippen molar-refractivity contribution in [3.63, 3.8) is 0 Å². The highest BCUT2D eigenvalue weighted by Gasteiger charge is 2.34. The van der Waals surface area contributed by atoms with Gasteiger partial charge in [0.1, 0.15) is 0 Å². The average molecular weight is 228 g/mol. The maximum absolute atomic E-state index is 9.37. The number of nitrogens with one attached hydrogen (secondary N) is 1. The fraction of sp³-hybridized carbons (Fsp3) is 0.455. The number of anilines is 1. The quantitative estimate of drug-likeness (QED) is 0.829. The lowest BCUT2D eigenvalue weighted by molar-refractivity contribution is 0.152. The highest BCUT2D eigenvalue weighted by molar-refractivity contribution is 6.30. The van der Waals surface area contributed by atoms with Crippen LogP contribution in [0.25, 0.3) is 0 Å². The lowest BCUT2D eigenvalue weighted by Crippen LogP contribution is -2.42. The number of benzene rings is 1. The Balaban J connectivity index is 2.12. The number of hydrogen-bond acceptors (Lipinski definition) is 3. The third kappa shape index (κ3) is 2.43. The number of hydrogen-bond donors (Lipinski definition) is 2. The summed E-state index contributed by atoms with van der Waals surface area (Å²) in [7, 11) is 0. The molecular weight excluding hydrogens is 214 g/mol. The number of halogens is 1. The molecule has 0 spiro atoms. The SMILES string of the molecule is OCC1(Nc2cccc(Cl)c2)CCOC1. The molecule has 2 rings (SSSR count). The van der Waals surface area contributed by atoms with E-state index in [1.165, 1.54) is 0 Å². The van der Waals surface area contributed by atoms with Gasteiger partial charge in [-0.05, 0) is 24.6 Å². The molecular formula is C11H14ClNO2. The maximum atomic E-state index is 9.37. The van der Waals surface area contributed by atoms with Gasteiger partial charge in [-0.25, -0.2) is 0 Å². The molecule has 1 fully saturated rings. The number of rotatable bonds is 3. The van der Waals surface area contributed by atoms with E-state index in [-0.39, 0.29) is 12.1 Å². The van der Waals surface area contributed by atoms with Crippen molar-refractivity contribution < 1.29 is 9.84 Å². The monoisotopic (exact) mass is 227 g/mol. The van der Waals surface area contributed by atoms with Crippen molar-refractivity contribution in [2.24, 2.45) is 0 Å². The standard InChI is InChI=1S/C11H14ClNO2/c12-9-2-1-3-10(6-9)13-11(7-14)4-5-15-8-11/h1-3,6,13-14H,4-5,7-8H2. The smallest absolute Gasteiger partial charge is 0.0859 e. The van der Waals surface area contributed by atoms with Gasteiger partial charge >= 0.3 is 0 Å². The highest BCUT2D eigenvalue weighted by Crippen LogP contribution is 2.25. The summed E-state index contributed by atoms with van der Waals surface area (Å²) in [5, 5.41) is 13.3. The molecule has 1 saturated heterocycles. The Labute approximate surface area is 94.0 Å². The lowest BCUT2D eigenvalue weighted by Gasteiger charge is -2.27. The Bertz CT molecular complexity index is 337. The van der Waals surface area contributed by atoms with Gasteiger partial charge in [-0.15, -0.1) is 0 Å². The normalized spacial score (nSPS) is 25.5. The van der Waals surface area contributed by atoms with E-state index in [1.807, 2.05) is 24.3 Å². The summed E-state index contributed by atoms with van der Waals surface area (Å²) in [6, 6.07) is 7.48. The van der Waals surface area contributed by atoms with E-state index in [2.05, 4.69) is 5.32 Å². The Morgan fingerprint density at radius 3 is 3.00 bits per heavy atom. The van der Waals surface area contributed by atoms with Gasteiger partial charge in [0.2, 0.25) is 0 Å². The lowest BCUT2D eigenvalue weighted by atomic mass is 9.99. The third-order valence-corrected chi connectivity index (χ3v) is 2.88. The fourth-order valence-corrected chi connectivity index (χ4v) is 1.93. The molecule has 0 aliphatic carbocycles. The average Bonchev–Trinajstić information content (AvgIpc) is 2.67. The summed E-state index contributed by atoms with van der Waals surface area (Å²) in [4.78, 5) is 0. The number of aliphatic hydroxyl groups excluding tert-OH is 1. The second-order valence-electron chi connectivity index (χ2n) is 3.88. The largest absolute Gasteiger partial charge is 0.394 e. The fourth-order valence-electron chi connectivity index (χ4n) is 1.74. The molecule has 0 bridgehead atoms. The number of ether oxygens (including phenoxy) is 1. The summed E-state index contributed by atoms with van der Waals surface area (Å²) in [6.45, 7) is 1.30. The zero-order chi connectivity index (χ0) is 10.7. The topological polar surface area (TPSA) is 41.5 Å². The van der Waals surface area contributed by atoms with Crippen LogP contribution >= 0.6 is 11.6 Å². The second-order valence-corrected chi connectivity index (χ2v) is 4.31. The first-order chi connectivity index (χ1) is 7.24. The van der Waals surface area contributed by atoms with Crippen molar-refractivity contribution in [1.29, 1.82) is 0 Å². The Kier molecular flexibility index (Phi) is 3.14. The molecule has 3 nitrogen and oxygen atoms in total. The number of aliphatic hydroxyl groups is 1. The molecule has 1 unspecified atom stereocenters. The zero-order valence-electron chi connectivity index (χ0n) is 8.37. The van der Waals surface area contributed by atoms with Crippen LogP contribution in [0.2, 0.25) is 5.02 Å². The van der Waals surface area contributed by atoms with Gasteiger partial charge in [0.25, 0.3) is 0 Å². The first-order valence-corrected chi connectivity index (χ1v) is 5.34. The van der Waals surface area contributed by atoms with Crippen LogP contribution in [-0.2, 0) is 4.74 Å². The van der Waals surface area contributed by atoms with Crippen molar-refractivity contribution in [3.05, 3.63) is 29.3 Å². The van der Waals surface area contributed by atoms with E-state index >= 15 is 0 Å². The van der Waals surface area contributed by atoms with Crippen molar-refractivity contribution in [2.75, 3.05) is 25.1 Å². The van der Waals surface area contributed by atoms with Gasteiger partial charge in [0.05, 0.1) is 18.8 Å². The minimum absolute atomic E-state index is 0.0690. The molecule has 1 atom stereocenters. The van der Waals surface area contributed by atoms with E-state index < -0.39 is 0 Å². The van der Waals surface area contributed by atoms with Gasteiger partial charge < -0.3 is 15.2 Å². The molecule has 2 N–H and O–H groups in total. The van der Waals surface area contributed by atoms with Crippen LogP contribution in [0.3, 0.4) is 0 Å². The molecule has 0 amide bonds. The maximum Gasteiger partial charge on any atom is 0.0859 e. The molecule has 4 heteroatoms. The third-order valence-electron chi connectivity index (χ3n) is 2.64. The summed E-state index contributed by atoms with van der Waals surface area (Å²) >= 11 is 5.89. The summed E-state index contributed by atoms with van der Waals surface area (Å²) in [5.41, 5.74) is 0.576. The molecule has 1 aromatic rings. The predicted molar refractivity (Wildman–Crippen MR) is 60.3 cm³/mol. The van der Waals surface area contributed by atoms with Crippen molar-refractivity contribution in [2.45, 2.75) is 12.0 Å². The summed E-state index contributed by atoms with van der Waals surface area (Å²) in [6.07, 6.45) is 0.815. The molecule has 1 aromatic carbocycles. The van der Waals surface area contributed by atoms with Crippen LogP contribution in [-0.4, -0.2) is 30.5 Å². The van der Waals surface area contributed by atoms with Gasteiger partial charge in [-0.3, -0.25) is 0 Å². The van der Waals surface area contributed by atoms with E-state index in [4.69, 9.17) is 16.3 Å². The first-order valence-electron chi connectivity index (χ1n) is 4.96. The molecule has 1 aliphatic rings. The van der Waals surface area contributed by atoms with E-state index in [0.29, 0.717) is 18.2 Å². The minimum Gasteiger partial charge on any atom is -0.394 e.